The lowest BCUT2D eigenvalue weighted by molar-refractivity contribution is -0.120. The minimum atomic E-state index is -0.715. The second-order valence-corrected chi connectivity index (χ2v) is 11.3. The first kappa shape index (κ1) is 21.7. The van der Waals surface area contributed by atoms with Crippen LogP contribution in [0.15, 0.2) is 24.3 Å². The maximum Gasteiger partial charge on any atom is 0.410 e. The summed E-state index contributed by atoms with van der Waals surface area (Å²) in [6, 6.07) is 7.67. The summed E-state index contributed by atoms with van der Waals surface area (Å²) in [4.78, 5) is 26.7. The van der Waals surface area contributed by atoms with Crippen molar-refractivity contribution in [2.75, 3.05) is 18.5 Å². The van der Waals surface area contributed by atoms with Gasteiger partial charge in [0.2, 0.25) is 5.91 Å². The van der Waals surface area contributed by atoms with Gasteiger partial charge in [-0.25, -0.2) is 4.79 Å². The molecule has 2 amide bonds. The molecule has 174 valence electrons. The number of carbonyl (C=O) groups excluding carboxylic acids is 2. The van der Waals surface area contributed by atoms with Gasteiger partial charge in [-0.3, -0.25) is 9.69 Å². The summed E-state index contributed by atoms with van der Waals surface area (Å²) in [5, 5.41) is 13.0. The second kappa shape index (κ2) is 8.36. The van der Waals surface area contributed by atoms with Crippen molar-refractivity contribution in [3.63, 3.8) is 0 Å². The number of benzene rings is 1. The summed E-state index contributed by atoms with van der Waals surface area (Å²) in [7, 11) is 0. The Balaban J connectivity index is 1.24. The number of hydrogen-bond acceptors (Lipinski definition) is 4. The Morgan fingerprint density at radius 2 is 1.66 bits per heavy atom. The number of nitrogens with zero attached hydrogens (tertiary/aromatic N) is 1. The SMILES string of the molecule is CC(C)COC(=O)N1CC(O)CC1C(=O)Nc1ccc(C23CC4CC(CC(C4)C2)C3)cc1. The smallest absolute Gasteiger partial charge is 0.410 e. The van der Waals surface area contributed by atoms with Crippen molar-refractivity contribution >= 4 is 17.7 Å². The molecule has 1 heterocycles. The zero-order chi connectivity index (χ0) is 22.5. The lowest BCUT2D eigenvalue weighted by atomic mass is 9.48. The maximum absolute atomic E-state index is 12.9. The Kier molecular flexibility index (Phi) is 5.68. The highest BCUT2D eigenvalue weighted by atomic mass is 16.6. The maximum atomic E-state index is 12.9. The fraction of sp³-hybridized carbons (Fsp3) is 0.692. The zero-order valence-electron chi connectivity index (χ0n) is 19.3. The molecule has 0 radical (unpaired) electrons. The van der Waals surface area contributed by atoms with E-state index in [0.717, 1.165) is 23.4 Å². The average Bonchev–Trinajstić information content (AvgIpc) is 3.13. The summed E-state index contributed by atoms with van der Waals surface area (Å²) in [5.74, 6) is 2.64. The molecule has 2 unspecified atom stereocenters. The van der Waals surface area contributed by atoms with Gasteiger partial charge >= 0.3 is 6.09 Å². The van der Waals surface area contributed by atoms with Crippen LogP contribution >= 0.6 is 0 Å². The molecule has 0 spiro atoms. The van der Waals surface area contributed by atoms with Gasteiger partial charge in [0, 0.05) is 12.1 Å². The molecular weight excluding hydrogens is 404 g/mol. The second-order valence-electron chi connectivity index (χ2n) is 11.3. The van der Waals surface area contributed by atoms with Crippen LogP contribution in [0, 0.1) is 23.7 Å². The van der Waals surface area contributed by atoms with Crippen LogP contribution in [0.2, 0.25) is 0 Å². The fourth-order valence-electron chi connectivity index (χ4n) is 7.18. The summed E-state index contributed by atoms with van der Waals surface area (Å²) < 4.78 is 5.29. The van der Waals surface area contributed by atoms with Crippen LogP contribution in [0.4, 0.5) is 10.5 Å². The molecule has 0 aromatic heterocycles. The van der Waals surface area contributed by atoms with E-state index in [1.807, 2.05) is 26.0 Å². The van der Waals surface area contributed by atoms with E-state index in [4.69, 9.17) is 4.74 Å². The van der Waals surface area contributed by atoms with Crippen LogP contribution in [0.3, 0.4) is 0 Å². The van der Waals surface area contributed by atoms with E-state index in [1.54, 1.807) is 0 Å². The normalized spacial score (nSPS) is 35.4. The minimum absolute atomic E-state index is 0.125. The molecule has 32 heavy (non-hydrogen) atoms. The molecule has 1 aromatic rings. The van der Waals surface area contributed by atoms with Gasteiger partial charge in [0.1, 0.15) is 6.04 Å². The Hall–Kier alpha value is -2.08. The summed E-state index contributed by atoms with van der Waals surface area (Å²) in [6.07, 6.45) is 7.22. The van der Waals surface area contributed by atoms with Crippen LogP contribution in [0.5, 0.6) is 0 Å². The molecule has 6 nitrogen and oxygen atoms in total. The first-order chi connectivity index (χ1) is 15.3. The number of β-amino-alcohol motifs (C(OH)–C–C–N with tert-alkyl or cyclic N) is 1. The number of anilines is 1. The number of likely N-dealkylation sites (tertiary alicyclic amines) is 1. The highest BCUT2D eigenvalue weighted by Gasteiger charge is 2.51. The molecule has 1 aromatic carbocycles. The molecule has 2 N–H and O–H groups in total. The lowest BCUT2D eigenvalue weighted by Crippen LogP contribution is -2.48. The Labute approximate surface area is 190 Å². The molecule has 5 aliphatic rings. The van der Waals surface area contributed by atoms with Crippen molar-refractivity contribution in [2.45, 2.75) is 76.4 Å². The Bertz CT molecular complexity index is 830. The standard InChI is InChI=1S/C26H36N2O4/c1-16(2)15-32-25(31)28-14-22(29)10-23(28)24(30)27-21-5-3-20(4-6-21)26-11-17-7-18(12-26)9-19(8-17)13-26/h3-6,16-19,22-23,29H,7-15H2,1-2H3,(H,27,30). The topological polar surface area (TPSA) is 78.9 Å². The number of amides is 2. The summed E-state index contributed by atoms with van der Waals surface area (Å²) in [6.45, 7) is 4.35. The summed E-state index contributed by atoms with van der Waals surface area (Å²) in [5.41, 5.74) is 2.49. The monoisotopic (exact) mass is 440 g/mol. The Morgan fingerprint density at radius 3 is 2.22 bits per heavy atom. The van der Waals surface area contributed by atoms with E-state index in [1.165, 1.54) is 49.0 Å². The molecule has 6 heteroatoms. The first-order valence-electron chi connectivity index (χ1n) is 12.3. The molecule has 2 atom stereocenters. The van der Waals surface area contributed by atoms with Crippen molar-refractivity contribution in [3.05, 3.63) is 29.8 Å². The molecule has 4 saturated carbocycles. The predicted molar refractivity (Wildman–Crippen MR) is 122 cm³/mol. The number of aliphatic hydroxyl groups is 1. The fourth-order valence-corrected chi connectivity index (χ4v) is 7.18. The highest BCUT2D eigenvalue weighted by molar-refractivity contribution is 5.97. The van der Waals surface area contributed by atoms with Gasteiger partial charge in [-0.1, -0.05) is 26.0 Å². The highest BCUT2D eigenvalue weighted by Crippen LogP contribution is 2.60. The number of hydrogen-bond donors (Lipinski definition) is 2. The predicted octanol–water partition coefficient (Wildman–Crippen LogP) is 4.32. The summed E-state index contributed by atoms with van der Waals surface area (Å²) >= 11 is 0. The van der Waals surface area contributed by atoms with Gasteiger partial charge in [-0.2, -0.15) is 0 Å². The number of rotatable bonds is 5. The largest absolute Gasteiger partial charge is 0.449 e. The van der Waals surface area contributed by atoms with E-state index in [9.17, 15) is 14.7 Å². The van der Waals surface area contributed by atoms with Gasteiger partial charge in [-0.05, 0) is 85.3 Å². The lowest BCUT2D eigenvalue weighted by Gasteiger charge is -2.57. The van der Waals surface area contributed by atoms with E-state index >= 15 is 0 Å². The van der Waals surface area contributed by atoms with Crippen LogP contribution in [-0.2, 0) is 14.9 Å². The third-order valence-corrected chi connectivity index (χ3v) is 8.16. The van der Waals surface area contributed by atoms with Crippen LogP contribution in [0.25, 0.3) is 0 Å². The average molecular weight is 441 g/mol. The molecule has 4 bridgehead atoms. The molecule has 4 aliphatic carbocycles. The quantitative estimate of drug-likeness (QED) is 0.715. The van der Waals surface area contributed by atoms with Crippen molar-refractivity contribution in [3.8, 4) is 0 Å². The van der Waals surface area contributed by atoms with Crippen LogP contribution in [-0.4, -0.2) is 47.3 Å². The zero-order valence-corrected chi connectivity index (χ0v) is 19.3. The van der Waals surface area contributed by atoms with Crippen molar-refractivity contribution in [2.24, 2.45) is 23.7 Å². The van der Waals surface area contributed by atoms with Gasteiger partial charge in [0.05, 0.1) is 19.3 Å². The number of carbonyl (C=O) groups is 2. The number of aliphatic hydroxyl groups excluding tert-OH is 1. The number of ether oxygens (including phenoxy) is 1. The van der Waals surface area contributed by atoms with Gasteiger partial charge in [0.15, 0.2) is 0 Å². The van der Waals surface area contributed by atoms with E-state index < -0.39 is 18.2 Å². The molecule has 1 saturated heterocycles. The van der Waals surface area contributed by atoms with Crippen molar-refractivity contribution in [1.29, 1.82) is 0 Å². The van der Waals surface area contributed by atoms with Crippen molar-refractivity contribution < 1.29 is 19.4 Å². The Morgan fingerprint density at radius 1 is 1.06 bits per heavy atom. The number of nitrogens with one attached hydrogen (secondary N) is 1. The van der Waals surface area contributed by atoms with Gasteiger partial charge in [0.25, 0.3) is 0 Å². The van der Waals surface area contributed by atoms with Gasteiger partial charge < -0.3 is 15.2 Å². The molecule has 1 aliphatic heterocycles. The van der Waals surface area contributed by atoms with E-state index in [-0.39, 0.29) is 24.8 Å². The molecule has 6 rings (SSSR count). The van der Waals surface area contributed by atoms with Crippen molar-refractivity contribution in [1.82, 2.24) is 4.90 Å². The van der Waals surface area contributed by atoms with Crippen LogP contribution in [0.1, 0.15) is 64.4 Å². The third kappa shape index (κ3) is 4.14. The van der Waals surface area contributed by atoms with E-state index in [0.29, 0.717) is 12.0 Å². The first-order valence-corrected chi connectivity index (χ1v) is 12.3. The van der Waals surface area contributed by atoms with E-state index in [2.05, 4.69) is 17.4 Å². The van der Waals surface area contributed by atoms with Gasteiger partial charge in [-0.15, -0.1) is 0 Å². The minimum Gasteiger partial charge on any atom is -0.449 e. The molecular formula is C26H36N2O4. The third-order valence-electron chi connectivity index (χ3n) is 8.16. The molecule has 5 fully saturated rings. The van der Waals surface area contributed by atoms with Crippen LogP contribution < -0.4 is 5.32 Å².